The van der Waals surface area contributed by atoms with E-state index in [0.717, 1.165) is 42.4 Å². The van der Waals surface area contributed by atoms with Crippen molar-refractivity contribution in [2.75, 3.05) is 19.6 Å². The summed E-state index contributed by atoms with van der Waals surface area (Å²) in [6.07, 6.45) is 1.77. The minimum atomic E-state index is -0.495. The summed E-state index contributed by atoms with van der Waals surface area (Å²) in [5, 5.41) is 3.92. The maximum absolute atomic E-state index is 12.2. The molecule has 6 nitrogen and oxygen atoms in total. The number of piperidine rings is 1. The zero-order valence-corrected chi connectivity index (χ0v) is 19.7. The molecular weight excluding hydrogens is 392 g/mol. The van der Waals surface area contributed by atoms with Crippen molar-refractivity contribution in [1.82, 2.24) is 10.2 Å². The van der Waals surface area contributed by atoms with Gasteiger partial charge in [0.1, 0.15) is 11.2 Å². The Kier molecular flexibility index (Phi) is 7.10. The summed E-state index contributed by atoms with van der Waals surface area (Å²) in [7, 11) is 0. The van der Waals surface area contributed by atoms with E-state index in [0.29, 0.717) is 30.5 Å². The highest BCUT2D eigenvalue weighted by Gasteiger charge is 2.23. The molecule has 170 valence electrons. The molecule has 1 aliphatic rings. The van der Waals surface area contributed by atoms with Crippen LogP contribution in [0.4, 0.5) is 4.79 Å². The van der Waals surface area contributed by atoms with Crippen LogP contribution in [0.3, 0.4) is 0 Å². The molecule has 2 heterocycles. The second-order valence-electron chi connectivity index (χ2n) is 10.1. The van der Waals surface area contributed by atoms with Crippen molar-refractivity contribution >= 4 is 17.1 Å². The number of hydrogen-bond donors (Lipinski definition) is 1. The number of fused-ring (bicyclic) bond motifs is 1. The van der Waals surface area contributed by atoms with E-state index in [1.807, 2.05) is 26.8 Å². The third kappa shape index (κ3) is 6.33. The lowest BCUT2D eigenvalue weighted by Gasteiger charge is -2.33. The third-order valence-electron chi connectivity index (χ3n) is 5.77. The summed E-state index contributed by atoms with van der Waals surface area (Å²) >= 11 is 0. The van der Waals surface area contributed by atoms with Crippen LogP contribution in [0.5, 0.6) is 0 Å². The SMILES string of the molecule is Cc1cc2oc(=O)cc(CN3CCCC(CNC(=O)OC(C)(C)C)C3)c2cc1C(C)C. The lowest BCUT2D eigenvalue weighted by Crippen LogP contribution is -2.42. The quantitative estimate of drug-likeness (QED) is 0.682. The second kappa shape index (κ2) is 9.43. The van der Waals surface area contributed by atoms with Gasteiger partial charge in [-0.1, -0.05) is 13.8 Å². The Hall–Kier alpha value is -2.34. The van der Waals surface area contributed by atoms with Gasteiger partial charge < -0.3 is 14.5 Å². The van der Waals surface area contributed by atoms with Gasteiger partial charge in [-0.25, -0.2) is 9.59 Å². The number of benzene rings is 1. The molecule has 1 atom stereocenters. The Balaban J connectivity index is 1.72. The van der Waals surface area contributed by atoms with Gasteiger partial charge in [-0.05, 0) is 87.7 Å². The highest BCUT2D eigenvalue weighted by atomic mass is 16.6. The number of likely N-dealkylation sites (tertiary alicyclic amines) is 1. The summed E-state index contributed by atoms with van der Waals surface area (Å²) in [4.78, 5) is 26.5. The van der Waals surface area contributed by atoms with Crippen LogP contribution in [-0.4, -0.2) is 36.2 Å². The Morgan fingerprint density at radius 1 is 1.29 bits per heavy atom. The maximum Gasteiger partial charge on any atom is 0.407 e. The molecule has 1 aliphatic heterocycles. The topological polar surface area (TPSA) is 71.8 Å². The number of carbonyl (C=O) groups excluding carboxylic acids is 1. The monoisotopic (exact) mass is 428 g/mol. The molecular formula is C25H36N2O4. The Labute approximate surface area is 184 Å². The molecule has 31 heavy (non-hydrogen) atoms. The first-order chi connectivity index (χ1) is 14.5. The fraction of sp³-hybridized carbons (Fsp3) is 0.600. The predicted molar refractivity (Wildman–Crippen MR) is 124 cm³/mol. The van der Waals surface area contributed by atoms with Gasteiger partial charge in [0.05, 0.1) is 0 Å². The van der Waals surface area contributed by atoms with E-state index in [9.17, 15) is 9.59 Å². The van der Waals surface area contributed by atoms with Crippen LogP contribution in [0.25, 0.3) is 11.0 Å². The first kappa shape index (κ1) is 23.3. The average molecular weight is 429 g/mol. The van der Waals surface area contributed by atoms with E-state index in [2.05, 4.69) is 37.1 Å². The number of hydrogen-bond acceptors (Lipinski definition) is 5. The van der Waals surface area contributed by atoms with Crippen LogP contribution in [0.2, 0.25) is 0 Å². The van der Waals surface area contributed by atoms with Crippen molar-refractivity contribution in [3.8, 4) is 0 Å². The van der Waals surface area contributed by atoms with Crippen LogP contribution >= 0.6 is 0 Å². The van der Waals surface area contributed by atoms with Gasteiger partial charge in [0.25, 0.3) is 0 Å². The van der Waals surface area contributed by atoms with Crippen LogP contribution in [0.15, 0.2) is 27.4 Å². The van der Waals surface area contributed by atoms with Crippen LogP contribution < -0.4 is 10.9 Å². The molecule has 0 spiro atoms. The van der Waals surface area contributed by atoms with Crippen LogP contribution in [0.1, 0.15) is 70.1 Å². The molecule has 1 unspecified atom stereocenters. The zero-order chi connectivity index (χ0) is 22.8. The molecule has 1 fully saturated rings. The third-order valence-corrected chi connectivity index (χ3v) is 5.77. The van der Waals surface area contributed by atoms with Gasteiger partial charge in [0, 0.05) is 31.1 Å². The standard InChI is InChI=1S/C25H36N2O4/c1-16(2)20-12-21-19(11-23(28)30-22(21)10-17(20)3)15-27-9-7-8-18(14-27)13-26-24(29)31-25(4,5)6/h10-12,16,18H,7-9,13-15H2,1-6H3,(H,26,29). The summed E-state index contributed by atoms with van der Waals surface area (Å²) < 4.78 is 10.8. The number of aryl methyl sites for hydroxylation is 1. The summed E-state index contributed by atoms with van der Waals surface area (Å²) in [5.41, 5.74) is 3.29. The molecule has 1 amide bonds. The van der Waals surface area contributed by atoms with E-state index in [-0.39, 0.29) is 11.7 Å². The smallest absolute Gasteiger partial charge is 0.407 e. The van der Waals surface area contributed by atoms with E-state index in [1.54, 1.807) is 6.07 Å². The summed E-state index contributed by atoms with van der Waals surface area (Å²) in [6.45, 7) is 15.2. The maximum atomic E-state index is 12.2. The molecule has 6 heteroatoms. The van der Waals surface area contributed by atoms with Crippen molar-refractivity contribution < 1.29 is 13.9 Å². The lowest BCUT2D eigenvalue weighted by atomic mass is 9.94. The minimum absolute atomic E-state index is 0.306. The highest BCUT2D eigenvalue weighted by Crippen LogP contribution is 2.28. The number of rotatable bonds is 5. The number of ether oxygens (including phenoxy) is 1. The molecule has 1 N–H and O–H groups in total. The van der Waals surface area contributed by atoms with E-state index in [4.69, 9.17) is 9.15 Å². The largest absolute Gasteiger partial charge is 0.444 e. The van der Waals surface area contributed by atoms with Crippen molar-refractivity contribution in [1.29, 1.82) is 0 Å². The van der Waals surface area contributed by atoms with Crippen molar-refractivity contribution in [2.24, 2.45) is 5.92 Å². The fourth-order valence-electron chi connectivity index (χ4n) is 4.39. The van der Waals surface area contributed by atoms with Gasteiger partial charge in [-0.2, -0.15) is 0 Å². The molecule has 1 aromatic carbocycles. The van der Waals surface area contributed by atoms with Gasteiger partial charge in [0.2, 0.25) is 0 Å². The minimum Gasteiger partial charge on any atom is -0.444 e. The normalized spacial score (nSPS) is 17.8. The summed E-state index contributed by atoms with van der Waals surface area (Å²) in [6, 6.07) is 5.79. The molecule has 2 aromatic rings. The molecule has 0 saturated carbocycles. The first-order valence-electron chi connectivity index (χ1n) is 11.3. The number of amides is 1. The van der Waals surface area contributed by atoms with E-state index in [1.165, 1.54) is 5.56 Å². The molecule has 0 aliphatic carbocycles. The van der Waals surface area contributed by atoms with Gasteiger partial charge in [-0.3, -0.25) is 4.90 Å². The van der Waals surface area contributed by atoms with E-state index >= 15 is 0 Å². The zero-order valence-electron chi connectivity index (χ0n) is 19.7. The highest BCUT2D eigenvalue weighted by molar-refractivity contribution is 5.82. The Bertz CT molecular complexity index is 987. The molecule has 0 radical (unpaired) electrons. The van der Waals surface area contributed by atoms with Gasteiger partial charge in [-0.15, -0.1) is 0 Å². The van der Waals surface area contributed by atoms with Crippen molar-refractivity contribution in [3.63, 3.8) is 0 Å². The van der Waals surface area contributed by atoms with Crippen molar-refractivity contribution in [2.45, 2.75) is 72.4 Å². The number of carbonyl (C=O) groups is 1. The van der Waals surface area contributed by atoms with Crippen molar-refractivity contribution in [3.05, 3.63) is 45.3 Å². The summed E-state index contributed by atoms with van der Waals surface area (Å²) in [5.74, 6) is 0.767. The predicted octanol–water partition coefficient (Wildman–Crippen LogP) is 4.96. The fourth-order valence-corrected chi connectivity index (χ4v) is 4.39. The number of nitrogens with zero attached hydrogens (tertiary/aromatic N) is 1. The van der Waals surface area contributed by atoms with E-state index < -0.39 is 5.60 Å². The number of alkyl carbamates (subject to hydrolysis) is 1. The Morgan fingerprint density at radius 2 is 2.03 bits per heavy atom. The van der Waals surface area contributed by atoms with Gasteiger partial charge >= 0.3 is 11.7 Å². The molecule has 3 rings (SSSR count). The lowest BCUT2D eigenvalue weighted by molar-refractivity contribution is 0.0506. The van der Waals surface area contributed by atoms with Gasteiger partial charge in [0.15, 0.2) is 0 Å². The first-order valence-corrected chi connectivity index (χ1v) is 11.3. The van der Waals surface area contributed by atoms with Crippen LogP contribution in [-0.2, 0) is 11.3 Å². The van der Waals surface area contributed by atoms with Crippen LogP contribution in [0, 0.1) is 12.8 Å². The number of nitrogens with one attached hydrogen (secondary N) is 1. The molecule has 1 aromatic heterocycles. The average Bonchev–Trinajstić information content (AvgIpc) is 2.64. The molecule has 0 bridgehead atoms. The molecule has 1 saturated heterocycles. The Morgan fingerprint density at radius 3 is 2.71 bits per heavy atom. The second-order valence-corrected chi connectivity index (χ2v) is 10.1.